The van der Waals surface area contributed by atoms with Crippen molar-refractivity contribution in [3.05, 3.63) is 47.5 Å². The molecule has 7 heteroatoms. The maximum atomic E-state index is 11.1. The minimum Gasteiger partial charge on any atom is -0.507 e. The van der Waals surface area contributed by atoms with Gasteiger partial charge in [-0.05, 0) is 70.1 Å². The maximum absolute atomic E-state index is 11.1. The second-order valence-electron chi connectivity index (χ2n) is 8.84. The van der Waals surface area contributed by atoms with E-state index in [0.29, 0.717) is 17.4 Å². The number of phenolic OH excluding ortho intramolecular Hbond substituents is 1. The average Bonchev–Trinajstić information content (AvgIpc) is 3.51. The van der Waals surface area contributed by atoms with Crippen molar-refractivity contribution < 1.29 is 9.84 Å². The standard InChI is InChI=1S/C25H31N5O2/c1-32-25-22-9-3-2-8-21(22)24(27-28-25)26-20-14-18(16-29-10-4-5-11-29)23(31)19(15-20)17-30-12-6-7-13-30/h2-3,8-9,14-15,31H,4-7,10-13,16-17H2,1H3,(H,26,27). The zero-order valence-electron chi connectivity index (χ0n) is 18.7. The number of aromatic hydroxyl groups is 1. The summed E-state index contributed by atoms with van der Waals surface area (Å²) in [6, 6.07) is 12.1. The lowest BCUT2D eigenvalue weighted by atomic mass is 10.1. The van der Waals surface area contributed by atoms with Crippen LogP contribution < -0.4 is 10.1 Å². The van der Waals surface area contributed by atoms with Crippen molar-refractivity contribution in [1.82, 2.24) is 20.0 Å². The topological polar surface area (TPSA) is 73.8 Å². The molecule has 2 N–H and O–H groups in total. The second-order valence-corrected chi connectivity index (χ2v) is 8.84. The van der Waals surface area contributed by atoms with E-state index in [1.165, 1.54) is 25.7 Å². The van der Waals surface area contributed by atoms with Crippen LogP contribution >= 0.6 is 0 Å². The van der Waals surface area contributed by atoms with E-state index in [0.717, 1.165) is 66.9 Å². The van der Waals surface area contributed by atoms with Crippen molar-refractivity contribution >= 4 is 22.3 Å². The molecule has 7 nitrogen and oxygen atoms in total. The highest BCUT2D eigenvalue weighted by molar-refractivity contribution is 5.96. The maximum Gasteiger partial charge on any atom is 0.241 e. The summed E-state index contributed by atoms with van der Waals surface area (Å²) in [5.41, 5.74) is 2.87. The molecule has 2 aliphatic heterocycles. The van der Waals surface area contributed by atoms with Crippen LogP contribution in [0.4, 0.5) is 11.5 Å². The number of likely N-dealkylation sites (tertiary alicyclic amines) is 2. The molecule has 0 amide bonds. The van der Waals surface area contributed by atoms with Gasteiger partial charge in [0, 0.05) is 40.7 Å². The van der Waals surface area contributed by atoms with E-state index < -0.39 is 0 Å². The van der Waals surface area contributed by atoms with Crippen LogP contribution in [-0.2, 0) is 13.1 Å². The molecule has 0 radical (unpaired) electrons. The third kappa shape index (κ3) is 4.36. The summed E-state index contributed by atoms with van der Waals surface area (Å²) in [6.07, 6.45) is 4.92. The van der Waals surface area contributed by atoms with E-state index in [1.807, 2.05) is 24.3 Å². The predicted octanol–water partition coefficient (Wildman–Crippen LogP) is 4.28. The van der Waals surface area contributed by atoms with Gasteiger partial charge in [0.15, 0.2) is 5.82 Å². The summed E-state index contributed by atoms with van der Waals surface area (Å²) in [4.78, 5) is 4.84. The first-order valence-electron chi connectivity index (χ1n) is 11.6. The average molecular weight is 434 g/mol. The van der Waals surface area contributed by atoms with E-state index >= 15 is 0 Å². The smallest absolute Gasteiger partial charge is 0.241 e. The second kappa shape index (κ2) is 9.30. The third-order valence-electron chi connectivity index (χ3n) is 6.56. The van der Waals surface area contributed by atoms with E-state index in [1.54, 1.807) is 7.11 Å². The highest BCUT2D eigenvalue weighted by Gasteiger charge is 2.20. The molecule has 3 heterocycles. The van der Waals surface area contributed by atoms with E-state index in [-0.39, 0.29) is 0 Å². The monoisotopic (exact) mass is 433 g/mol. The highest BCUT2D eigenvalue weighted by atomic mass is 16.5. The SMILES string of the molecule is COc1nnc(Nc2cc(CN3CCCC3)c(O)c(CN3CCCC3)c2)c2ccccc12. The van der Waals surface area contributed by atoms with Crippen LogP contribution in [0.25, 0.3) is 10.8 Å². The normalized spacial score (nSPS) is 17.3. The number of hydrogen-bond donors (Lipinski definition) is 2. The molecule has 0 bridgehead atoms. The number of anilines is 2. The summed E-state index contributed by atoms with van der Waals surface area (Å²) in [5, 5.41) is 25.1. The lowest BCUT2D eigenvalue weighted by Gasteiger charge is -2.21. The Morgan fingerprint density at radius 1 is 0.875 bits per heavy atom. The quantitative estimate of drug-likeness (QED) is 0.539. The molecule has 5 rings (SSSR count). The third-order valence-corrected chi connectivity index (χ3v) is 6.56. The summed E-state index contributed by atoms with van der Waals surface area (Å²) in [6.45, 7) is 5.90. The van der Waals surface area contributed by atoms with Crippen molar-refractivity contribution in [2.45, 2.75) is 38.8 Å². The van der Waals surface area contributed by atoms with Gasteiger partial charge in [-0.1, -0.05) is 18.2 Å². The fraction of sp³-hybridized carbons (Fsp3) is 0.440. The van der Waals surface area contributed by atoms with Gasteiger partial charge < -0.3 is 15.2 Å². The number of nitrogens with zero attached hydrogens (tertiary/aromatic N) is 4. The number of hydrogen-bond acceptors (Lipinski definition) is 7. The molecular weight excluding hydrogens is 402 g/mol. The van der Waals surface area contributed by atoms with Gasteiger partial charge >= 0.3 is 0 Å². The van der Waals surface area contributed by atoms with Crippen LogP contribution in [0.3, 0.4) is 0 Å². The molecule has 0 saturated carbocycles. The zero-order valence-corrected chi connectivity index (χ0v) is 18.7. The fourth-order valence-electron chi connectivity index (χ4n) is 4.90. The number of ether oxygens (including phenoxy) is 1. The number of phenols is 1. The molecule has 0 unspecified atom stereocenters. The van der Waals surface area contributed by atoms with Crippen molar-refractivity contribution in [3.63, 3.8) is 0 Å². The summed E-state index contributed by atoms with van der Waals surface area (Å²) in [5.74, 6) is 1.63. The van der Waals surface area contributed by atoms with Crippen LogP contribution in [-0.4, -0.2) is 58.4 Å². The van der Waals surface area contributed by atoms with Crippen molar-refractivity contribution in [3.8, 4) is 11.6 Å². The lowest BCUT2D eigenvalue weighted by Crippen LogP contribution is -2.20. The minimum atomic E-state index is 0.431. The Balaban J connectivity index is 1.50. The molecule has 2 saturated heterocycles. The van der Waals surface area contributed by atoms with Crippen LogP contribution in [0.2, 0.25) is 0 Å². The predicted molar refractivity (Wildman–Crippen MR) is 127 cm³/mol. The Morgan fingerprint density at radius 3 is 2.00 bits per heavy atom. The molecule has 0 atom stereocenters. The zero-order chi connectivity index (χ0) is 21.9. The first kappa shape index (κ1) is 21.0. The van der Waals surface area contributed by atoms with Crippen LogP contribution in [0.1, 0.15) is 36.8 Å². The van der Waals surface area contributed by atoms with Gasteiger partial charge in [-0.2, -0.15) is 0 Å². The number of methoxy groups -OCH3 is 1. The van der Waals surface area contributed by atoms with E-state index in [9.17, 15) is 5.11 Å². The summed E-state index contributed by atoms with van der Waals surface area (Å²) in [7, 11) is 1.61. The molecule has 2 aliphatic rings. The first-order valence-corrected chi connectivity index (χ1v) is 11.6. The lowest BCUT2D eigenvalue weighted by molar-refractivity contribution is 0.312. The fourth-order valence-corrected chi connectivity index (χ4v) is 4.90. The molecular formula is C25H31N5O2. The summed E-state index contributed by atoms with van der Waals surface area (Å²) < 4.78 is 5.39. The summed E-state index contributed by atoms with van der Waals surface area (Å²) >= 11 is 0. The molecule has 168 valence electrons. The van der Waals surface area contributed by atoms with Crippen LogP contribution in [0.15, 0.2) is 36.4 Å². The molecule has 0 spiro atoms. The number of aromatic nitrogens is 2. The number of rotatable bonds is 7. The Hall–Kier alpha value is -2.90. The first-order chi connectivity index (χ1) is 15.7. The van der Waals surface area contributed by atoms with Gasteiger partial charge in [0.1, 0.15) is 5.75 Å². The number of nitrogens with one attached hydrogen (secondary N) is 1. The minimum absolute atomic E-state index is 0.431. The van der Waals surface area contributed by atoms with Crippen molar-refractivity contribution in [1.29, 1.82) is 0 Å². The van der Waals surface area contributed by atoms with Crippen LogP contribution in [0, 0.1) is 0 Å². The van der Waals surface area contributed by atoms with Gasteiger partial charge in [-0.25, -0.2) is 0 Å². The van der Waals surface area contributed by atoms with Gasteiger partial charge in [0.25, 0.3) is 0 Å². The van der Waals surface area contributed by atoms with Gasteiger partial charge in [-0.15, -0.1) is 10.2 Å². The Kier molecular flexibility index (Phi) is 6.10. The van der Waals surface area contributed by atoms with Gasteiger partial charge in [0.2, 0.25) is 5.88 Å². The molecule has 2 aromatic carbocycles. The van der Waals surface area contributed by atoms with Crippen molar-refractivity contribution in [2.24, 2.45) is 0 Å². The molecule has 1 aromatic heterocycles. The highest BCUT2D eigenvalue weighted by Crippen LogP contribution is 2.34. The Bertz CT molecular complexity index is 1050. The molecule has 2 fully saturated rings. The van der Waals surface area contributed by atoms with E-state index in [4.69, 9.17) is 4.74 Å². The molecule has 32 heavy (non-hydrogen) atoms. The van der Waals surface area contributed by atoms with Crippen molar-refractivity contribution in [2.75, 3.05) is 38.6 Å². The van der Waals surface area contributed by atoms with E-state index in [2.05, 4.69) is 37.4 Å². The van der Waals surface area contributed by atoms with Gasteiger partial charge in [-0.3, -0.25) is 9.80 Å². The van der Waals surface area contributed by atoms with Crippen LogP contribution in [0.5, 0.6) is 11.6 Å². The Morgan fingerprint density at radius 2 is 1.44 bits per heavy atom. The Labute approximate surface area is 189 Å². The largest absolute Gasteiger partial charge is 0.507 e. The number of fused-ring (bicyclic) bond motifs is 1. The number of benzene rings is 2. The van der Waals surface area contributed by atoms with Gasteiger partial charge in [0.05, 0.1) is 7.11 Å². The molecule has 0 aliphatic carbocycles. The molecule has 3 aromatic rings.